The lowest BCUT2D eigenvalue weighted by Gasteiger charge is -2.23. The molecule has 3 heterocycles. The van der Waals surface area contributed by atoms with Crippen molar-refractivity contribution in [1.82, 2.24) is 20.3 Å². The van der Waals surface area contributed by atoms with Gasteiger partial charge in [0.05, 0.1) is 17.2 Å². The maximum atomic E-state index is 15.5. The minimum Gasteiger partial charge on any atom is -0.437 e. The van der Waals surface area contributed by atoms with E-state index in [2.05, 4.69) is 25.9 Å². The average Bonchev–Trinajstić information content (AvgIpc) is 3.76. The number of nitrogens with zero attached hydrogens (tertiary/aromatic N) is 3. The average molecular weight is 589 g/mol. The Bertz CT molecular complexity index is 1830. The second-order valence-electron chi connectivity index (χ2n) is 11.5. The number of pyridine rings is 1. The molecule has 222 valence electrons. The van der Waals surface area contributed by atoms with Crippen LogP contribution in [0.25, 0.3) is 22.0 Å². The van der Waals surface area contributed by atoms with Crippen molar-refractivity contribution in [1.29, 1.82) is 0 Å². The number of aryl methyl sites for hydroxylation is 1. The maximum Gasteiger partial charge on any atom is 0.231 e. The van der Waals surface area contributed by atoms with Crippen molar-refractivity contribution >= 4 is 28.3 Å². The monoisotopic (exact) mass is 588 g/mol. The van der Waals surface area contributed by atoms with Gasteiger partial charge < -0.3 is 20.7 Å². The standard InChI is InChI=1S/C35H33FN6O2/c1-22-14-15-25-26(11-5-13-29(25)41-32(43)28-20-35(28,36)23-8-3-2-4-9-23)31(22)44-33-27(12-7-18-38-33)30-16-19-39-34(42-30)40-24-10-6-17-37-21-24/h2-5,7-9,11-16,18-19,24,28,37H,6,10,17,20-21H2,1H3,(H,41,43)(H,39,40,42)/t24-,28?,35?/m0/s1. The first-order valence-corrected chi connectivity index (χ1v) is 15.0. The second-order valence-corrected chi connectivity index (χ2v) is 11.5. The summed E-state index contributed by atoms with van der Waals surface area (Å²) in [6, 6.07) is 24.3. The smallest absolute Gasteiger partial charge is 0.231 e. The number of carbonyl (C=O) groups is 1. The van der Waals surface area contributed by atoms with Gasteiger partial charge in [0.15, 0.2) is 0 Å². The van der Waals surface area contributed by atoms with E-state index in [1.807, 2.05) is 61.5 Å². The summed E-state index contributed by atoms with van der Waals surface area (Å²) in [5.74, 6) is 0.516. The summed E-state index contributed by atoms with van der Waals surface area (Å²) >= 11 is 0. The van der Waals surface area contributed by atoms with E-state index >= 15 is 4.39 Å². The zero-order valence-electron chi connectivity index (χ0n) is 24.4. The highest BCUT2D eigenvalue weighted by Gasteiger charge is 2.60. The Kier molecular flexibility index (Phi) is 7.39. The van der Waals surface area contributed by atoms with Gasteiger partial charge in [-0.05, 0) is 61.7 Å². The molecule has 2 aromatic heterocycles. The SMILES string of the molecule is Cc1ccc2c(NC(=O)C3CC3(F)c3ccccc3)cccc2c1Oc1ncccc1-c1ccnc(N[C@H]2CCCNC2)n1. The first-order valence-electron chi connectivity index (χ1n) is 15.0. The lowest BCUT2D eigenvalue weighted by Crippen LogP contribution is -2.38. The number of halogens is 1. The van der Waals surface area contributed by atoms with Crippen molar-refractivity contribution in [3.8, 4) is 22.9 Å². The third-order valence-corrected chi connectivity index (χ3v) is 8.46. The highest BCUT2D eigenvalue weighted by Crippen LogP contribution is 2.56. The molecule has 2 unspecified atom stereocenters. The highest BCUT2D eigenvalue weighted by atomic mass is 19.1. The number of amides is 1. The Labute approximate surface area is 255 Å². The Morgan fingerprint density at radius 2 is 1.86 bits per heavy atom. The van der Waals surface area contributed by atoms with Crippen LogP contribution in [-0.4, -0.2) is 40.0 Å². The van der Waals surface area contributed by atoms with Gasteiger partial charge in [-0.3, -0.25) is 4.79 Å². The van der Waals surface area contributed by atoms with Crippen molar-refractivity contribution in [3.05, 3.63) is 102 Å². The number of ether oxygens (including phenoxy) is 1. The summed E-state index contributed by atoms with van der Waals surface area (Å²) < 4.78 is 22.1. The van der Waals surface area contributed by atoms with Crippen molar-refractivity contribution in [3.63, 3.8) is 0 Å². The van der Waals surface area contributed by atoms with Crippen LogP contribution < -0.4 is 20.7 Å². The van der Waals surface area contributed by atoms with Gasteiger partial charge >= 0.3 is 0 Å². The number of rotatable bonds is 8. The number of benzene rings is 3. The largest absolute Gasteiger partial charge is 0.437 e. The minimum absolute atomic E-state index is 0.168. The third kappa shape index (κ3) is 5.46. The number of alkyl halides is 1. The first kappa shape index (κ1) is 27.9. The van der Waals surface area contributed by atoms with Crippen molar-refractivity contribution < 1.29 is 13.9 Å². The van der Waals surface area contributed by atoms with Gasteiger partial charge in [0.2, 0.25) is 17.7 Å². The molecular weight excluding hydrogens is 555 g/mol. The van der Waals surface area contributed by atoms with E-state index in [4.69, 9.17) is 9.72 Å². The fourth-order valence-electron chi connectivity index (χ4n) is 5.98. The molecule has 3 atom stereocenters. The van der Waals surface area contributed by atoms with E-state index in [0.717, 1.165) is 47.8 Å². The zero-order chi connectivity index (χ0) is 30.1. The van der Waals surface area contributed by atoms with Crippen LogP contribution in [0.3, 0.4) is 0 Å². The number of piperidine rings is 1. The zero-order valence-corrected chi connectivity index (χ0v) is 24.4. The highest BCUT2D eigenvalue weighted by molar-refractivity contribution is 6.06. The third-order valence-electron chi connectivity index (χ3n) is 8.46. The van der Waals surface area contributed by atoms with E-state index in [1.165, 1.54) is 0 Å². The molecule has 2 fully saturated rings. The predicted octanol–water partition coefficient (Wildman–Crippen LogP) is 6.78. The van der Waals surface area contributed by atoms with Crippen LogP contribution in [0.4, 0.5) is 16.0 Å². The molecule has 1 saturated heterocycles. The van der Waals surface area contributed by atoms with Crippen molar-refractivity contribution in [2.24, 2.45) is 5.92 Å². The summed E-state index contributed by atoms with van der Waals surface area (Å²) in [4.78, 5) is 27.0. The lowest BCUT2D eigenvalue weighted by atomic mass is 10.0. The molecule has 7 rings (SSSR count). The molecule has 1 aliphatic heterocycles. The quantitative estimate of drug-likeness (QED) is 0.184. The van der Waals surface area contributed by atoms with Gasteiger partial charge in [0.1, 0.15) is 11.4 Å². The number of nitrogens with one attached hydrogen (secondary N) is 3. The number of aromatic nitrogens is 3. The number of hydrogen-bond acceptors (Lipinski definition) is 7. The molecule has 44 heavy (non-hydrogen) atoms. The minimum atomic E-state index is -1.64. The summed E-state index contributed by atoms with van der Waals surface area (Å²) in [7, 11) is 0. The molecule has 5 aromatic rings. The van der Waals surface area contributed by atoms with Gasteiger partial charge in [-0.25, -0.2) is 19.3 Å². The first-order chi connectivity index (χ1) is 21.5. The Morgan fingerprint density at radius 3 is 2.70 bits per heavy atom. The number of anilines is 2. The summed E-state index contributed by atoms with van der Waals surface area (Å²) in [5.41, 5.74) is 1.83. The van der Waals surface area contributed by atoms with E-state index in [9.17, 15) is 4.79 Å². The molecule has 0 bridgehead atoms. The molecule has 1 aliphatic carbocycles. The predicted molar refractivity (Wildman–Crippen MR) is 170 cm³/mol. The fraction of sp³-hybridized carbons (Fsp3) is 0.257. The van der Waals surface area contributed by atoms with E-state index in [1.54, 1.807) is 36.7 Å². The van der Waals surface area contributed by atoms with Crippen LogP contribution in [0.2, 0.25) is 0 Å². The molecule has 0 spiro atoms. The van der Waals surface area contributed by atoms with E-state index in [-0.39, 0.29) is 18.4 Å². The number of fused-ring (bicyclic) bond motifs is 1. The molecule has 8 nitrogen and oxygen atoms in total. The molecule has 2 aliphatic rings. The van der Waals surface area contributed by atoms with Crippen molar-refractivity contribution in [2.45, 2.75) is 37.9 Å². The number of carbonyl (C=O) groups excluding carboxylic acids is 1. The summed E-state index contributed by atoms with van der Waals surface area (Å²) in [6.45, 7) is 3.87. The van der Waals surface area contributed by atoms with E-state index < -0.39 is 11.6 Å². The Hall–Kier alpha value is -4.89. The molecule has 3 aromatic carbocycles. The van der Waals surface area contributed by atoms with Gasteiger partial charge in [0.25, 0.3) is 0 Å². The fourth-order valence-corrected chi connectivity index (χ4v) is 5.98. The van der Waals surface area contributed by atoms with Gasteiger partial charge in [-0.15, -0.1) is 0 Å². The van der Waals surface area contributed by atoms with Crippen LogP contribution in [0.15, 0.2) is 91.3 Å². The molecule has 1 saturated carbocycles. The van der Waals surface area contributed by atoms with E-state index in [0.29, 0.717) is 34.5 Å². The van der Waals surface area contributed by atoms with Crippen LogP contribution >= 0.6 is 0 Å². The van der Waals surface area contributed by atoms with Crippen molar-refractivity contribution in [2.75, 3.05) is 23.7 Å². The summed E-state index contributed by atoms with van der Waals surface area (Å²) in [6.07, 6.45) is 5.76. The lowest BCUT2D eigenvalue weighted by molar-refractivity contribution is -0.118. The normalized spacial score (nSPS) is 21.0. The van der Waals surface area contributed by atoms with Crippen LogP contribution in [0, 0.1) is 12.8 Å². The maximum absolute atomic E-state index is 15.5. The van der Waals surface area contributed by atoms with Crippen LogP contribution in [0.1, 0.15) is 30.4 Å². The molecule has 9 heteroatoms. The molecule has 0 radical (unpaired) electrons. The number of hydrogen-bond donors (Lipinski definition) is 3. The Morgan fingerprint density at radius 1 is 0.977 bits per heavy atom. The molecule has 3 N–H and O–H groups in total. The topological polar surface area (TPSA) is 101 Å². The van der Waals surface area contributed by atoms with Gasteiger partial charge in [0, 0.05) is 47.9 Å². The molecule has 1 amide bonds. The molecular formula is C35H33FN6O2. The van der Waals surface area contributed by atoms with Crippen LogP contribution in [-0.2, 0) is 10.5 Å². The second kappa shape index (κ2) is 11.7. The van der Waals surface area contributed by atoms with Gasteiger partial charge in [-0.1, -0.05) is 54.6 Å². The summed E-state index contributed by atoms with van der Waals surface area (Å²) in [5, 5.41) is 11.4. The van der Waals surface area contributed by atoms with Crippen LogP contribution in [0.5, 0.6) is 11.6 Å². The van der Waals surface area contributed by atoms with Gasteiger partial charge in [-0.2, -0.15) is 0 Å². The Balaban J connectivity index is 1.16.